The molecule has 0 spiro atoms. The van der Waals surface area contributed by atoms with Crippen molar-refractivity contribution in [3.8, 4) is 5.69 Å². The molecule has 136 valence electrons. The van der Waals surface area contributed by atoms with Crippen LogP contribution in [0.15, 0.2) is 63.1 Å². The third-order valence-corrected chi connectivity index (χ3v) is 6.57. The highest BCUT2D eigenvalue weighted by Gasteiger charge is 2.28. The Morgan fingerprint density at radius 2 is 1.77 bits per heavy atom. The van der Waals surface area contributed by atoms with E-state index < -0.39 is 15.7 Å². The van der Waals surface area contributed by atoms with Crippen LogP contribution < -0.4 is 0 Å². The zero-order chi connectivity index (χ0) is 18.9. The fraction of sp³-hybridized carbons (Fsp3) is 0.211. The molecule has 2 aromatic carbocycles. The van der Waals surface area contributed by atoms with Crippen molar-refractivity contribution < 1.29 is 12.8 Å². The van der Waals surface area contributed by atoms with Crippen LogP contribution in [0.4, 0.5) is 4.39 Å². The van der Waals surface area contributed by atoms with Gasteiger partial charge in [0.05, 0.1) is 11.1 Å². The van der Waals surface area contributed by atoms with E-state index >= 15 is 0 Å². The van der Waals surface area contributed by atoms with E-state index in [-0.39, 0.29) is 15.6 Å². The minimum absolute atomic E-state index is 0.00877. The molecular weight excluding hydrogens is 419 g/mol. The van der Waals surface area contributed by atoms with Gasteiger partial charge in [-0.05, 0) is 54.8 Å². The molecule has 3 aromatic rings. The third-order valence-electron chi connectivity index (χ3n) is 4.20. The molecule has 26 heavy (non-hydrogen) atoms. The van der Waals surface area contributed by atoms with Crippen LogP contribution in [0.1, 0.15) is 25.0 Å². The van der Waals surface area contributed by atoms with Gasteiger partial charge in [0.2, 0.25) is 9.84 Å². The normalized spacial score (nSPS) is 11.7. The molecule has 4 nitrogen and oxygen atoms in total. The fourth-order valence-electron chi connectivity index (χ4n) is 2.74. The van der Waals surface area contributed by atoms with Crippen molar-refractivity contribution in [2.24, 2.45) is 0 Å². The van der Waals surface area contributed by atoms with Gasteiger partial charge in [0.25, 0.3) is 0 Å². The topological polar surface area (TPSA) is 52.0 Å². The van der Waals surface area contributed by atoms with Crippen molar-refractivity contribution in [2.45, 2.75) is 36.6 Å². The summed E-state index contributed by atoms with van der Waals surface area (Å²) in [6.45, 7) is 3.80. The Bertz CT molecular complexity index is 1040. The predicted octanol–water partition coefficient (Wildman–Crippen LogP) is 4.73. The van der Waals surface area contributed by atoms with Gasteiger partial charge >= 0.3 is 0 Å². The first-order valence-electron chi connectivity index (χ1n) is 8.24. The summed E-state index contributed by atoms with van der Waals surface area (Å²) in [5, 5.41) is 4.20. The van der Waals surface area contributed by atoms with Gasteiger partial charge in [0.1, 0.15) is 11.5 Å². The second-order valence-corrected chi connectivity index (χ2v) is 8.62. The van der Waals surface area contributed by atoms with Crippen molar-refractivity contribution in [3.63, 3.8) is 0 Å². The first-order valence-corrected chi connectivity index (χ1v) is 10.5. The van der Waals surface area contributed by atoms with E-state index in [2.05, 4.69) is 21.0 Å². The lowest BCUT2D eigenvalue weighted by Gasteiger charge is -2.12. The minimum atomic E-state index is -3.86. The molecule has 1 heterocycles. The van der Waals surface area contributed by atoms with Gasteiger partial charge in [0, 0.05) is 10.0 Å². The Morgan fingerprint density at radius 3 is 2.38 bits per heavy atom. The van der Waals surface area contributed by atoms with Gasteiger partial charge < -0.3 is 0 Å². The number of hydrogen-bond acceptors (Lipinski definition) is 3. The number of aromatic nitrogens is 2. The van der Waals surface area contributed by atoms with Crippen LogP contribution in [0.25, 0.3) is 5.69 Å². The molecule has 0 saturated carbocycles. The Labute approximate surface area is 160 Å². The van der Waals surface area contributed by atoms with Crippen molar-refractivity contribution in [2.75, 3.05) is 0 Å². The van der Waals surface area contributed by atoms with Crippen LogP contribution in [0, 0.1) is 5.82 Å². The number of rotatable bonds is 5. The van der Waals surface area contributed by atoms with Gasteiger partial charge in [-0.3, -0.25) is 0 Å². The molecule has 0 fully saturated rings. The highest BCUT2D eigenvalue weighted by atomic mass is 79.9. The minimum Gasteiger partial charge on any atom is -0.218 e. The van der Waals surface area contributed by atoms with Gasteiger partial charge in [-0.15, -0.1) is 0 Å². The van der Waals surface area contributed by atoms with E-state index in [0.717, 1.165) is 10.0 Å². The summed E-state index contributed by atoms with van der Waals surface area (Å²) in [4.78, 5) is 0.143. The standard InChI is InChI=1S/C19H18BrFN2O2S/c1-3-13-5-10-17(21)18(11-13)23-19(14(4-2)12-22-23)26(24,25)16-8-6-15(20)7-9-16/h5-12H,3-4H2,1-2H3. The summed E-state index contributed by atoms with van der Waals surface area (Å²) in [5.41, 5.74) is 1.59. The Morgan fingerprint density at radius 1 is 1.08 bits per heavy atom. The molecule has 3 rings (SSSR count). The van der Waals surface area contributed by atoms with E-state index in [1.165, 1.54) is 29.1 Å². The summed E-state index contributed by atoms with van der Waals surface area (Å²) >= 11 is 3.30. The molecule has 1 aromatic heterocycles. The largest absolute Gasteiger partial charge is 0.224 e. The predicted molar refractivity (Wildman–Crippen MR) is 102 cm³/mol. The summed E-state index contributed by atoms with van der Waals surface area (Å²) in [5.74, 6) is -0.514. The molecule has 0 aliphatic heterocycles. The lowest BCUT2D eigenvalue weighted by Crippen LogP contribution is -2.13. The van der Waals surface area contributed by atoms with Crippen LogP contribution in [0.3, 0.4) is 0 Å². The molecule has 0 unspecified atom stereocenters. The summed E-state index contributed by atoms with van der Waals surface area (Å²) in [6, 6.07) is 11.0. The second kappa shape index (κ2) is 7.32. The maximum absolute atomic E-state index is 14.5. The van der Waals surface area contributed by atoms with E-state index in [1.807, 2.05) is 13.8 Å². The van der Waals surface area contributed by atoms with Crippen LogP contribution in [-0.4, -0.2) is 18.2 Å². The SMILES string of the molecule is CCc1ccc(F)c(-n2ncc(CC)c2S(=O)(=O)c2ccc(Br)cc2)c1. The van der Waals surface area contributed by atoms with Crippen LogP contribution in [-0.2, 0) is 22.7 Å². The van der Waals surface area contributed by atoms with Crippen molar-refractivity contribution in [3.05, 3.63) is 70.1 Å². The first-order chi connectivity index (χ1) is 12.4. The summed E-state index contributed by atoms with van der Waals surface area (Å²) < 4.78 is 42.9. The van der Waals surface area contributed by atoms with E-state index in [4.69, 9.17) is 0 Å². The van der Waals surface area contributed by atoms with Gasteiger partial charge in [-0.1, -0.05) is 35.8 Å². The first kappa shape index (κ1) is 18.8. The third kappa shape index (κ3) is 3.33. The lowest BCUT2D eigenvalue weighted by atomic mass is 10.1. The van der Waals surface area contributed by atoms with Crippen LogP contribution in [0.2, 0.25) is 0 Å². The zero-order valence-electron chi connectivity index (χ0n) is 14.4. The molecule has 0 aliphatic rings. The highest BCUT2D eigenvalue weighted by Crippen LogP contribution is 2.29. The molecule has 0 saturated heterocycles. The number of aryl methyl sites for hydroxylation is 2. The maximum Gasteiger partial charge on any atom is 0.224 e. The molecule has 0 bridgehead atoms. The number of halogens is 2. The molecule has 7 heteroatoms. The van der Waals surface area contributed by atoms with Crippen molar-refractivity contribution in [1.29, 1.82) is 0 Å². The van der Waals surface area contributed by atoms with Gasteiger partial charge in [-0.2, -0.15) is 5.10 Å². The zero-order valence-corrected chi connectivity index (χ0v) is 16.8. The monoisotopic (exact) mass is 436 g/mol. The Kier molecular flexibility index (Phi) is 5.29. The quantitative estimate of drug-likeness (QED) is 0.580. The average Bonchev–Trinajstić information content (AvgIpc) is 3.07. The Balaban J connectivity index is 2.26. The molecular formula is C19H18BrFN2O2S. The second-order valence-electron chi connectivity index (χ2n) is 5.84. The molecule has 0 atom stereocenters. The number of benzene rings is 2. The number of hydrogen-bond donors (Lipinski definition) is 0. The van der Waals surface area contributed by atoms with E-state index in [1.54, 1.807) is 24.3 Å². The highest BCUT2D eigenvalue weighted by molar-refractivity contribution is 9.10. The van der Waals surface area contributed by atoms with Crippen molar-refractivity contribution >= 4 is 25.8 Å². The van der Waals surface area contributed by atoms with Gasteiger partial charge in [-0.25, -0.2) is 17.5 Å². The summed E-state index contributed by atoms with van der Waals surface area (Å²) in [7, 11) is -3.86. The number of sulfone groups is 1. The smallest absolute Gasteiger partial charge is 0.218 e. The van der Waals surface area contributed by atoms with Crippen LogP contribution >= 0.6 is 15.9 Å². The average molecular weight is 437 g/mol. The van der Waals surface area contributed by atoms with Gasteiger partial charge in [0.15, 0.2) is 5.03 Å². The fourth-order valence-corrected chi connectivity index (χ4v) is 4.63. The number of nitrogens with zero attached hydrogens (tertiary/aromatic N) is 2. The molecule has 0 radical (unpaired) electrons. The molecule has 0 N–H and O–H groups in total. The van der Waals surface area contributed by atoms with Crippen LogP contribution in [0.5, 0.6) is 0 Å². The van der Waals surface area contributed by atoms with E-state index in [9.17, 15) is 12.8 Å². The lowest BCUT2D eigenvalue weighted by molar-refractivity contribution is 0.574. The summed E-state index contributed by atoms with van der Waals surface area (Å²) in [6.07, 6.45) is 2.67. The molecule has 0 amide bonds. The molecule has 0 aliphatic carbocycles. The van der Waals surface area contributed by atoms with E-state index in [0.29, 0.717) is 18.4 Å². The van der Waals surface area contributed by atoms with Crippen molar-refractivity contribution in [1.82, 2.24) is 9.78 Å². The maximum atomic E-state index is 14.5. The Hall–Kier alpha value is -1.99.